The molecule has 1 atom stereocenters. The van der Waals surface area contributed by atoms with Gasteiger partial charge in [-0.2, -0.15) is 0 Å². The zero-order chi connectivity index (χ0) is 11.4. The average Bonchev–Trinajstić information content (AvgIpc) is 2.62. The summed E-state index contributed by atoms with van der Waals surface area (Å²) >= 11 is 1.73. The standard InChI is InChI=1S/C12H18O2S/c1-8(2)10-5-6-11(15-10)12(9(3)4)14-7-13/h5-9,12H,1-4H3. The number of rotatable bonds is 5. The third kappa shape index (κ3) is 3.06. The Morgan fingerprint density at radius 2 is 1.80 bits per heavy atom. The molecule has 0 aliphatic carbocycles. The summed E-state index contributed by atoms with van der Waals surface area (Å²) in [6, 6.07) is 4.18. The number of hydrogen-bond donors (Lipinski definition) is 0. The first-order chi connectivity index (χ1) is 7.06. The lowest BCUT2D eigenvalue weighted by Gasteiger charge is -2.17. The molecule has 1 aromatic heterocycles. The Morgan fingerprint density at radius 1 is 1.20 bits per heavy atom. The van der Waals surface area contributed by atoms with Gasteiger partial charge in [0.15, 0.2) is 0 Å². The highest BCUT2D eigenvalue weighted by Gasteiger charge is 2.19. The number of carbonyl (C=O) groups is 1. The molecule has 15 heavy (non-hydrogen) atoms. The van der Waals surface area contributed by atoms with E-state index in [1.165, 1.54) is 4.88 Å². The van der Waals surface area contributed by atoms with Crippen LogP contribution in [0.2, 0.25) is 0 Å². The molecule has 0 fully saturated rings. The number of hydrogen-bond acceptors (Lipinski definition) is 3. The Bertz CT molecular complexity index is 315. The van der Waals surface area contributed by atoms with Crippen molar-refractivity contribution in [2.24, 2.45) is 5.92 Å². The van der Waals surface area contributed by atoms with Crippen molar-refractivity contribution in [1.82, 2.24) is 0 Å². The molecule has 0 N–H and O–H groups in total. The molecule has 0 spiro atoms. The van der Waals surface area contributed by atoms with Crippen molar-refractivity contribution in [3.05, 3.63) is 21.9 Å². The van der Waals surface area contributed by atoms with Crippen molar-refractivity contribution in [3.63, 3.8) is 0 Å². The molecular weight excluding hydrogens is 208 g/mol. The number of thiophene rings is 1. The van der Waals surface area contributed by atoms with Crippen molar-refractivity contribution < 1.29 is 9.53 Å². The summed E-state index contributed by atoms with van der Waals surface area (Å²) in [4.78, 5) is 12.9. The van der Waals surface area contributed by atoms with E-state index < -0.39 is 0 Å². The van der Waals surface area contributed by atoms with Crippen LogP contribution >= 0.6 is 11.3 Å². The summed E-state index contributed by atoms with van der Waals surface area (Å²) in [5.74, 6) is 0.849. The van der Waals surface area contributed by atoms with Gasteiger partial charge in [0.2, 0.25) is 0 Å². The Morgan fingerprint density at radius 3 is 2.20 bits per heavy atom. The summed E-state index contributed by atoms with van der Waals surface area (Å²) < 4.78 is 5.11. The molecule has 0 radical (unpaired) electrons. The highest BCUT2D eigenvalue weighted by atomic mass is 32.1. The minimum absolute atomic E-state index is 0.0972. The molecule has 0 aliphatic rings. The first-order valence-corrected chi connectivity index (χ1v) is 6.06. The second kappa shape index (κ2) is 5.31. The number of carbonyl (C=O) groups excluding carboxylic acids is 1. The van der Waals surface area contributed by atoms with Crippen LogP contribution in [0, 0.1) is 5.92 Å². The lowest BCUT2D eigenvalue weighted by Crippen LogP contribution is -2.08. The monoisotopic (exact) mass is 226 g/mol. The van der Waals surface area contributed by atoms with Gasteiger partial charge < -0.3 is 4.74 Å². The predicted molar refractivity (Wildman–Crippen MR) is 63.1 cm³/mol. The van der Waals surface area contributed by atoms with E-state index in [-0.39, 0.29) is 6.10 Å². The number of ether oxygens (including phenoxy) is 1. The van der Waals surface area contributed by atoms with Crippen LogP contribution in [0.1, 0.15) is 49.5 Å². The van der Waals surface area contributed by atoms with E-state index in [4.69, 9.17) is 4.74 Å². The Labute approximate surface area is 95.3 Å². The molecule has 0 bridgehead atoms. The maximum atomic E-state index is 10.4. The summed E-state index contributed by atoms with van der Waals surface area (Å²) in [6.45, 7) is 8.99. The molecular formula is C12H18O2S. The quantitative estimate of drug-likeness (QED) is 0.715. The second-order valence-electron chi connectivity index (χ2n) is 4.29. The van der Waals surface area contributed by atoms with Gasteiger partial charge >= 0.3 is 0 Å². The van der Waals surface area contributed by atoms with E-state index in [1.54, 1.807) is 11.3 Å². The van der Waals surface area contributed by atoms with Crippen molar-refractivity contribution in [1.29, 1.82) is 0 Å². The van der Waals surface area contributed by atoms with Gasteiger partial charge in [0.05, 0.1) is 0 Å². The van der Waals surface area contributed by atoms with Gasteiger partial charge in [-0.1, -0.05) is 27.7 Å². The lowest BCUT2D eigenvalue weighted by atomic mass is 10.1. The van der Waals surface area contributed by atoms with Crippen LogP contribution in [0.5, 0.6) is 0 Å². The highest BCUT2D eigenvalue weighted by molar-refractivity contribution is 7.12. The van der Waals surface area contributed by atoms with Crippen LogP contribution in [0.15, 0.2) is 12.1 Å². The van der Waals surface area contributed by atoms with Gasteiger partial charge in [-0.3, -0.25) is 4.79 Å². The molecule has 0 saturated carbocycles. The summed E-state index contributed by atoms with van der Waals surface area (Å²) in [5, 5.41) is 0. The predicted octanol–water partition coefficient (Wildman–Crippen LogP) is 3.74. The Kier molecular flexibility index (Phi) is 4.33. The minimum atomic E-state index is -0.0972. The van der Waals surface area contributed by atoms with Gasteiger partial charge in [-0.25, -0.2) is 0 Å². The van der Waals surface area contributed by atoms with E-state index in [0.717, 1.165) is 4.88 Å². The van der Waals surface area contributed by atoms with E-state index in [2.05, 4.69) is 39.8 Å². The largest absolute Gasteiger partial charge is 0.459 e. The van der Waals surface area contributed by atoms with Crippen molar-refractivity contribution in [2.45, 2.75) is 39.7 Å². The van der Waals surface area contributed by atoms with E-state index in [1.807, 2.05) is 0 Å². The fourth-order valence-corrected chi connectivity index (χ4v) is 2.67. The highest BCUT2D eigenvalue weighted by Crippen LogP contribution is 2.33. The maximum absolute atomic E-state index is 10.4. The molecule has 3 heteroatoms. The summed E-state index contributed by atoms with van der Waals surface area (Å²) in [7, 11) is 0. The van der Waals surface area contributed by atoms with Crippen molar-refractivity contribution in [2.75, 3.05) is 0 Å². The smallest absolute Gasteiger partial charge is 0.293 e. The molecule has 1 aromatic rings. The zero-order valence-corrected chi connectivity index (χ0v) is 10.5. The Balaban J connectivity index is 2.86. The molecule has 0 amide bonds. The molecule has 0 aromatic carbocycles. The van der Waals surface area contributed by atoms with E-state index >= 15 is 0 Å². The molecule has 1 unspecified atom stereocenters. The van der Waals surface area contributed by atoms with Crippen LogP contribution in [0.4, 0.5) is 0 Å². The normalized spacial score (nSPS) is 13.2. The summed E-state index contributed by atoms with van der Waals surface area (Å²) in [6.07, 6.45) is -0.0972. The maximum Gasteiger partial charge on any atom is 0.293 e. The third-order valence-electron chi connectivity index (χ3n) is 2.30. The van der Waals surface area contributed by atoms with Gasteiger partial charge in [-0.05, 0) is 24.0 Å². The van der Waals surface area contributed by atoms with Gasteiger partial charge in [-0.15, -0.1) is 11.3 Å². The van der Waals surface area contributed by atoms with Crippen LogP contribution in [-0.4, -0.2) is 6.47 Å². The Hall–Kier alpha value is -0.830. The van der Waals surface area contributed by atoms with Gasteiger partial charge in [0.1, 0.15) is 6.10 Å². The average molecular weight is 226 g/mol. The van der Waals surface area contributed by atoms with Gasteiger partial charge in [0.25, 0.3) is 6.47 Å². The van der Waals surface area contributed by atoms with Crippen LogP contribution in [0.25, 0.3) is 0 Å². The third-order valence-corrected chi connectivity index (χ3v) is 3.75. The van der Waals surface area contributed by atoms with E-state index in [9.17, 15) is 4.79 Å². The van der Waals surface area contributed by atoms with Crippen LogP contribution < -0.4 is 0 Å². The molecule has 2 nitrogen and oxygen atoms in total. The molecule has 1 heterocycles. The minimum Gasteiger partial charge on any atom is -0.459 e. The van der Waals surface area contributed by atoms with Gasteiger partial charge in [0, 0.05) is 9.75 Å². The molecule has 1 rings (SSSR count). The van der Waals surface area contributed by atoms with Crippen molar-refractivity contribution in [3.8, 4) is 0 Å². The first kappa shape index (κ1) is 12.2. The lowest BCUT2D eigenvalue weighted by molar-refractivity contribution is -0.135. The van der Waals surface area contributed by atoms with Crippen LogP contribution in [-0.2, 0) is 9.53 Å². The molecule has 0 aliphatic heterocycles. The molecule has 84 valence electrons. The second-order valence-corrected chi connectivity index (χ2v) is 5.44. The SMILES string of the molecule is CC(C)c1ccc(C(OC=O)C(C)C)s1. The fourth-order valence-electron chi connectivity index (χ4n) is 1.44. The summed E-state index contributed by atoms with van der Waals surface area (Å²) in [5.41, 5.74) is 0. The van der Waals surface area contributed by atoms with Crippen molar-refractivity contribution >= 4 is 17.8 Å². The first-order valence-electron chi connectivity index (χ1n) is 5.25. The van der Waals surface area contributed by atoms with Crippen LogP contribution in [0.3, 0.4) is 0 Å². The molecule has 0 saturated heterocycles. The topological polar surface area (TPSA) is 26.3 Å². The van der Waals surface area contributed by atoms with E-state index in [0.29, 0.717) is 18.3 Å². The fraction of sp³-hybridized carbons (Fsp3) is 0.583. The zero-order valence-electron chi connectivity index (χ0n) is 9.69.